The van der Waals surface area contributed by atoms with E-state index in [4.69, 9.17) is 0 Å². The Hall–Kier alpha value is -4.68. The molecular weight excluding hydrogens is 686 g/mol. The topological polar surface area (TPSA) is 4.93 Å². The molecule has 2 aromatic heterocycles. The Balaban J connectivity index is 1.25. The summed E-state index contributed by atoms with van der Waals surface area (Å²) < 4.78 is 5.39. The lowest BCUT2D eigenvalue weighted by Gasteiger charge is -2.33. The van der Waals surface area contributed by atoms with Crippen molar-refractivity contribution in [3.05, 3.63) is 144 Å². The zero-order valence-electron chi connectivity index (χ0n) is 29.3. The fourth-order valence-electron chi connectivity index (χ4n) is 9.78. The third kappa shape index (κ3) is 3.74. The molecule has 0 spiro atoms. The summed E-state index contributed by atoms with van der Waals surface area (Å²) in [6.45, 7) is 9.56. The smallest absolute Gasteiger partial charge is 0.247 e. The van der Waals surface area contributed by atoms with E-state index in [2.05, 4.69) is 154 Å². The molecule has 3 aliphatic rings. The van der Waals surface area contributed by atoms with Gasteiger partial charge in [-0.05, 0) is 72.4 Å². The highest BCUT2D eigenvalue weighted by molar-refractivity contribution is 8.01. The van der Waals surface area contributed by atoms with Crippen LogP contribution in [0.15, 0.2) is 141 Å². The summed E-state index contributed by atoms with van der Waals surface area (Å²) >= 11 is 5.88. The van der Waals surface area contributed by atoms with Crippen LogP contribution in [-0.2, 0) is 5.41 Å². The molecule has 0 radical (unpaired) electrons. The van der Waals surface area contributed by atoms with Crippen molar-refractivity contribution in [3.8, 4) is 16.8 Å². The van der Waals surface area contributed by atoms with Crippen molar-refractivity contribution in [1.82, 2.24) is 4.57 Å². The lowest BCUT2D eigenvalue weighted by Crippen LogP contribution is -2.58. The first kappa shape index (κ1) is 29.9. The van der Waals surface area contributed by atoms with Crippen LogP contribution in [-0.4, -0.2) is 11.3 Å². The summed E-state index contributed by atoms with van der Waals surface area (Å²) in [7, 11) is 0. The minimum atomic E-state index is -0.145. The molecule has 0 atom stereocenters. The largest absolute Gasteiger partial charge is 0.308 e. The van der Waals surface area contributed by atoms with Crippen LogP contribution >= 0.6 is 34.9 Å². The molecule has 1 aliphatic carbocycles. The Morgan fingerprint density at radius 2 is 1.25 bits per heavy atom. The summed E-state index contributed by atoms with van der Waals surface area (Å²) in [5, 5.41) is 5.45. The van der Waals surface area contributed by atoms with Gasteiger partial charge in [-0.15, -0.1) is 11.3 Å². The molecule has 0 N–H and O–H groups in total. The normalized spacial score (nSPS) is 14.9. The van der Waals surface area contributed by atoms with Crippen molar-refractivity contribution in [2.24, 2.45) is 0 Å². The third-order valence-corrected chi connectivity index (χ3v) is 15.4. The number of hydrogen-bond acceptors (Lipinski definition) is 3. The lowest BCUT2D eigenvalue weighted by atomic mass is 9.36. The molecule has 0 unspecified atom stereocenters. The summed E-state index contributed by atoms with van der Waals surface area (Å²) in [5.74, 6) is 0. The van der Waals surface area contributed by atoms with Crippen LogP contribution in [0.3, 0.4) is 0 Å². The van der Waals surface area contributed by atoms with Gasteiger partial charge in [0.05, 0.1) is 11.0 Å². The molecule has 2 aliphatic heterocycles. The number of fused-ring (bicyclic) bond motifs is 16. The van der Waals surface area contributed by atoms with Crippen LogP contribution < -0.4 is 16.4 Å². The molecule has 0 fully saturated rings. The molecule has 12 rings (SSSR count). The summed E-state index contributed by atoms with van der Waals surface area (Å²) in [6, 6.07) is 46.6. The minimum absolute atomic E-state index is 0.145. The van der Waals surface area contributed by atoms with Gasteiger partial charge in [-0.25, -0.2) is 0 Å². The number of hydrogen-bond donors (Lipinski definition) is 0. The van der Waals surface area contributed by atoms with E-state index in [1.54, 1.807) is 0 Å². The lowest BCUT2D eigenvalue weighted by molar-refractivity contribution is 0.667. The van der Waals surface area contributed by atoms with E-state index < -0.39 is 0 Å². The van der Waals surface area contributed by atoms with Crippen LogP contribution in [0.25, 0.3) is 58.8 Å². The molecule has 52 heavy (non-hydrogen) atoms. The highest BCUT2D eigenvalue weighted by Gasteiger charge is 2.42. The number of rotatable bonds is 1. The number of benzene rings is 7. The van der Waals surface area contributed by atoms with E-state index in [-0.39, 0.29) is 12.1 Å². The van der Waals surface area contributed by atoms with E-state index in [9.17, 15) is 0 Å². The molecule has 7 aromatic carbocycles. The standard InChI is InChI=1S/C47H32BNS3/c1-25-17-19-32-36(21-25)50-38-23-27(24-39-44(38)48(32)33-20-18-26(2)22-37(33)51-39)49-34-15-9-6-12-29(34)40-43-41(28-11-5-8-14-31(28)47(43,3)4)46-42(45(40)49)30-13-7-10-16-35(30)52-46/h5-24H,1-4H3. The third-order valence-electron chi connectivity index (χ3n) is 12.0. The maximum atomic E-state index is 2.63. The molecule has 0 amide bonds. The van der Waals surface area contributed by atoms with E-state index in [1.165, 1.54) is 117 Å². The van der Waals surface area contributed by atoms with E-state index >= 15 is 0 Å². The Kier molecular flexibility index (Phi) is 5.89. The van der Waals surface area contributed by atoms with Gasteiger partial charge in [0.25, 0.3) is 0 Å². The molecule has 0 saturated heterocycles. The fraction of sp³-hybridized carbons (Fsp3) is 0.106. The van der Waals surface area contributed by atoms with Crippen LogP contribution in [0.1, 0.15) is 36.1 Å². The first-order valence-corrected chi connectivity index (χ1v) is 20.6. The van der Waals surface area contributed by atoms with Gasteiger partial charge in [-0.2, -0.15) is 0 Å². The van der Waals surface area contributed by atoms with Gasteiger partial charge < -0.3 is 4.57 Å². The predicted molar refractivity (Wildman–Crippen MR) is 226 cm³/mol. The van der Waals surface area contributed by atoms with Crippen LogP contribution in [0.5, 0.6) is 0 Å². The predicted octanol–water partition coefficient (Wildman–Crippen LogP) is 11.5. The second kappa shape index (κ2) is 10.3. The van der Waals surface area contributed by atoms with Crippen molar-refractivity contribution in [2.45, 2.75) is 52.7 Å². The first-order chi connectivity index (χ1) is 25.4. The Morgan fingerprint density at radius 3 is 1.98 bits per heavy atom. The number of nitrogens with zero attached hydrogens (tertiary/aromatic N) is 1. The van der Waals surface area contributed by atoms with E-state index in [0.717, 1.165) is 0 Å². The average Bonchev–Trinajstić information content (AvgIpc) is 3.77. The average molecular weight is 718 g/mol. The van der Waals surface area contributed by atoms with Crippen molar-refractivity contribution in [3.63, 3.8) is 0 Å². The summed E-state index contributed by atoms with van der Waals surface area (Å²) in [6.07, 6.45) is 0. The van der Waals surface area contributed by atoms with Gasteiger partial charge in [0.15, 0.2) is 0 Å². The molecule has 4 heterocycles. The second-order valence-electron chi connectivity index (χ2n) is 15.4. The van der Waals surface area contributed by atoms with Crippen molar-refractivity contribution in [1.29, 1.82) is 0 Å². The van der Waals surface area contributed by atoms with Crippen molar-refractivity contribution >= 4 is 99.9 Å². The molecule has 0 saturated carbocycles. The number of thiophene rings is 1. The zero-order chi connectivity index (χ0) is 34.6. The number of para-hydroxylation sites is 1. The van der Waals surface area contributed by atoms with Gasteiger partial charge in [-0.3, -0.25) is 0 Å². The van der Waals surface area contributed by atoms with Crippen molar-refractivity contribution < 1.29 is 0 Å². The second-order valence-corrected chi connectivity index (χ2v) is 18.6. The number of aromatic nitrogens is 1. The molecular formula is C47H32BNS3. The maximum absolute atomic E-state index is 2.63. The van der Waals surface area contributed by atoms with E-state index in [1.807, 2.05) is 34.9 Å². The quantitative estimate of drug-likeness (QED) is 0.156. The van der Waals surface area contributed by atoms with Crippen LogP contribution in [0.4, 0.5) is 0 Å². The Labute approximate surface area is 315 Å². The molecule has 9 aromatic rings. The first-order valence-electron chi connectivity index (χ1n) is 18.1. The SMILES string of the molecule is Cc1ccc2c(c1)Sc1cc(-n3c4ccccc4c4c5c(c6sc7ccccc7c6c43)-c3ccccc3C5(C)C)cc3c1B2c1ccc(C)cc1S3. The fourth-order valence-corrected chi connectivity index (χ4v) is 13.7. The van der Waals surface area contributed by atoms with Gasteiger partial charge in [0, 0.05) is 67.2 Å². The van der Waals surface area contributed by atoms with Crippen molar-refractivity contribution in [2.75, 3.05) is 0 Å². The Bertz CT molecular complexity index is 3010. The Morgan fingerprint density at radius 1 is 0.615 bits per heavy atom. The van der Waals surface area contributed by atoms with Crippen LogP contribution in [0, 0.1) is 13.8 Å². The molecule has 246 valence electrons. The van der Waals surface area contributed by atoms with Gasteiger partial charge >= 0.3 is 0 Å². The zero-order valence-corrected chi connectivity index (χ0v) is 31.7. The van der Waals surface area contributed by atoms with E-state index in [0.29, 0.717) is 0 Å². The maximum Gasteiger partial charge on any atom is 0.247 e. The molecule has 0 bridgehead atoms. The minimum Gasteiger partial charge on any atom is -0.308 e. The van der Waals surface area contributed by atoms with Gasteiger partial charge in [0.1, 0.15) is 0 Å². The summed E-state index contributed by atoms with van der Waals surface area (Å²) in [4.78, 5) is 5.51. The van der Waals surface area contributed by atoms with Gasteiger partial charge in [0.2, 0.25) is 6.71 Å². The monoisotopic (exact) mass is 717 g/mol. The number of aryl methyl sites for hydroxylation is 2. The molecule has 5 heteroatoms. The molecule has 1 nitrogen and oxygen atoms in total. The highest BCUT2D eigenvalue weighted by Crippen LogP contribution is 2.59. The van der Waals surface area contributed by atoms with Crippen LogP contribution in [0.2, 0.25) is 0 Å². The van der Waals surface area contributed by atoms with Gasteiger partial charge in [-0.1, -0.05) is 144 Å². The highest BCUT2D eigenvalue weighted by atomic mass is 32.2. The summed E-state index contributed by atoms with van der Waals surface area (Å²) in [5.41, 5.74) is 16.4.